The fourth-order valence-electron chi connectivity index (χ4n) is 2.71. The summed E-state index contributed by atoms with van der Waals surface area (Å²) in [4.78, 5) is 13.7. The summed E-state index contributed by atoms with van der Waals surface area (Å²) in [6.07, 6.45) is 0.634. The third-order valence-electron chi connectivity index (χ3n) is 4.26. The summed E-state index contributed by atoms with van der Waals surface area (Å²) in [7, 11) is -3.78. The summed E-state index contributed by atoms with van der Waals surface area (Å²) in [6.45, 7) is 1.93. The van der Waals surface area contributed by atoms with Gasteiger partial charge < -0.3 is 5.32 Å². The molecule has 0 aliphatic heterocycles. The summed E-state index contributed by atoms with van der Waals surface area (Å²) in [5.74, 6) is -0.157. The number of carbonyl (C=O) groups is 1. The normalized spacial score (nSPS) is 12.2. The van der Waals surface area contributed by atoms with Crippen molar-refractivity contribution in [3.63, 3.8) is 0 Å². The van der Waals surface area contributed by atoms with Crippen molar-refractivity contribution in [3.05, 3.63) is 82.8 Å². The van der Waals surface area contributed by atoms with Gasteiger partial charge in [-0.3, -0.25) is 9.52 Å². The van der Waals surface area contributed by atoms with E-state index >= 15 is 0 Å². The zero-order valence-electron chi connectivity index (χ0n) is 16.5. The zero-order valence-corrected chi connectivity index (χ0v) is 19.7. The van der Waals surface area contributed by atoms with Crippen LogP contribution in [0.3, 0.4) is 0 Å². The number of amides is 1. The second-order valence-electron chi connectivity index (χ2n) is 6.60. The Morgan fingerprint density at radius 1 is 0.935 bits per heavy atom. The van der Waals surface area contributed by atoms with Crippen molar-refractivity contribution in [2.45, 2.75) is 28.4 Å². The molecule has 0 saturated carbocycles. The molecule has 0 unspecified atom stereocenters. The zero-order chi connectivity index (χ0) is 22.4. The summed E-state index contributed by atoms with van der Waals surface area (Å²) >= 11 is 13.3. The second-order valence-corrected chi connectivity index (χ2v) is 10.4. The van der Waals surface area contributed by atoms with Crippen LogP contribution >= 0.6 is 35.0 Å². The number of anilines is 2. The van der Waals surface area contributed by atoms with E-state index < -0.39 is 10.0 Å². The van der Waals surface area contributed by atoms with Crippen molar-refractivity contribution >= 4 is 62.3 Å². The molecule has 0 aliphatic carbocycles. The van der Waals surface area contributed by atoms with Gasteiger partial charge in [-0.05, 0) is 73.2 Å². The van der Waals surface area contributed by atoms with Crippen LogP contribution in [0.5, 0.6) is 0 Å². The van der Waals surface area contributed by atoms with Crippen molar-refractivity contribution in [1.29, 1.82) is 0 Å². The van der Waals surface area contributed by atoms with Gasteiger partial charge in [0.15, 0.2) is 0 Å². The second kappa shape index (κ2) is 10.4. The molecule has 162 valence electrons. The number of hydrogen-bond donors (Lipinski definition) is 2. The molecule has 31 heavy (non-hydrogen) atoms. The fourth-order valence-corrected chi connectivity index (χ4v) is 5.03. The van der Waals surface area contributed by atoms with Gasteiger partial charge in [0, 0.05) is 20.6 Å². The maximum atomic E-state index is 12.7. The lowest BCUT2D eigenvalue weighted by molar-refractivity contribution is -0.115. The standard InChI is InChI=1S/C22H20Cl2N2O3S2/c1-2-21(30-19-10-6-15(23)7-11-19)22(27)25-17-8-12-20(13-9-17)31(28,29)26-18-5-3-4-16(24)14-18/h3-14,21,26H,2H2,1H3,(H,25,27)/t21-/m0/s1. The maximum absolute atomic E-state index is 12.7. The Balaban J connectivity index is 1.66. The summed E-state index contributed by atoms with van der Waals surface area (Å²) in [5.41, 5.74) is 0.886. The van der Waals surface area contributed by atoms with Crippen molar-refractivity contribution in [1.82, 2.24) is 0 Å². The van der Waals surface area contributed by atoms with Crippen LogP contribution < -0.4 is 10.0 Å². The van der Waals surface area contributed by atoms with Crippen LogP contribution in [0.25, 0.3) is 0 Å². The number of thioether (sulfide) groups is 1. The van der Waals surface area contributed by atoms with Crippen molar-refractivity contribution in [3.8, 4) is 0 Å². The van der Waals surface area contributed by atoms with Crippen LogP contribution in [0.4, 0.5) is 11.4 Å². The average molecular weight is 495 g/mol. The van der Waals surface area contributed by atoms with Gasteiger partial charge >= 0.3 is 0 Å². The van der Waals surface area contributed by atoms with Crippen LogP contribution in [-0.4, -0.2) is 19.6 Å². The molecule has 5 nitrogen and oxygen atoms in total. The number of halogens is 2. The molecule has 1 amide bonds. The number of benzene rings is 3. The number of hydrogen-bond acceptors (Lipinski definition) is 4. The molecule has 3 aromatic rings. The van der Waals surface area contributed by atoms with Gasteiger partial charge in [0.2, 0.25) is 5.91 Å². The fraction of sp³-hybridized carbons (Fsp3) is 0.136. The predicted molar refractivity (Wildman–Crippen MR) is 129 cm³/mol. The lowest BCUT2D eigenvalue weighted by atomic mass is 10.3. The Morgan fingerprint density at radius 3 is 2.23 bits per heavy atom. The molecule has 0 spiro atoms. The molecular weight excluding hydrogens is 475 g/mol. The first-order valence-electron chi connectivity index (χ1n) is 9.38. The Bertz CT molecular complexity index is 1150. The van der Waals surface area contributed by atoms with Crippen LogP contribution in [0.15, 0.2) is 82.6 Å². The SMILES string of the molecule is CC[C@H](Sc1ccc(Cl)cc1)C(=O)Nc1ccc(S(=O)(=O)Nc2cccc(Cl)c2)cc1. The van der Waals surface area contributed by atoms with Gasteiger partial charge in [-0.1, -0.05) is 36.2 Å². The molecule has 0 radical (unpaired) electrons. The molecule has 1 atom stereocenters. The lowest BCUT2D eigenvalue weighted by Gasteiger charge is -2.15. The molecule has 2 N–H and O–H groups in total. The van der Waals surface area contributed by atoms with Gasteiger partial charge in [-0.25, -0.2) is 8.42 Å². The van der Waals surface area contributed by atoms with E-state index in [-0.39, 0.29) is 16.1 Å². The Labute approximate surface area is 196 Å². The minimum Gasteiger partial charge on any atom is -0.325 e. The summed E-state index contributed by atoms with van der Waals surface area (Å²) in [5, 5.41) is 3.62. The van der Waals surface area contributed by atoms with Gasteiger partial charge in [0.1, 0.15) is 0 Å². The van der Waals surface area contributed by atoms with Gasteiger partial charge in [0.05, 0.1) is 15.8 Å². The van der Waals surface area contributed by atoms with E-state index in [0.717, 1.165) is 4.90 Å². The molecule has 0 aromatic heterocycles. The number of sulfonamides is 1. The highest BCUT2D eigenvalue weighted by molar-refractivity contribution is 8.00. The highest BCUT2D eigenvalue weighted by Gasteiger charge is 2.19. The molecule has 3 rings (SSSR count). The van der Waals surface area contributed by atoms with E-state index in [4.69, 9.17) is 23.2 Å². The largest absolute Gasteiger partial charge is 0.325 e. The Kier molecular flexibility index (Phi) is 7.89. The molecule has 0 bridgehead atoms. The van der Waals surface area contributed by atoms with Crippen molar-refractivity contribution in [2.24, 2.45) is 0 Å². The minimum absolute atomic E-state index is 0.0769. The monoisotopic (exact) mass is 494 g/mol. The molecule has 0 saturated heterocycles. The van der Waals surface area contributed by atoms with E-state index in [1.165, 1.54) is 30.0 Å². The van der Waals surface area contributed by atoms with Crippen molar-refractivity contribution in [2.75, 3.05) is 10.0 Å². The average Bonchev–Trinajstić information content (AvgIpc) is 2.73. The third kappa shape index (κ3) is 6.64. The summed E-state index contributed by atoms with van der Waals surface area (Å²) < 4.78 is 27.6. The molecule has 0 aliphatic rings. The topological polar surface area (TPSA) is 75.3 Å². The van der Waals surface area contributed by atoms with Crippen LogP contribution in [-0.2, 0) is 14.8 Å². The lowest BCUT2D eigenvalue weighted by Crippen LogP contribution is -2.24. The van der Waals surface area contributed by atoms with Crippen LogP contribution in [0, 0.1) is 0 Å². The first-order valence-corrected chi connectivity index (χ1v) is 12.5. The Morgan fingerprint density at radius 2 is 1.61 bits per heavy atom. The van der Waals surface area contributed by atoms with Gasteiger partial charge in [-0.2, -0.15) is 0 Å². The molecule has 9 heteroatoms. The first-order chi connectivity index (χ1) is 14.8. The third-order valence-corrected chi connectivity index (χ3v) is 7.52. The number of carbonyl (C=O) groups excluding carboxylic acids is 1. The summed E-state index contributed by atoms with van der Waals surface area (Å²) in [6, 6.07) is 19.8. The maximum Gasteiger partial charge on any atom is 0.261 e. The van der Waals surface area contributed by atoms with Gasteiger partial charge in [-0.15, -0.1) is 11.8 Å². The van der Waals surface area contributed by atoms with Gasteiger partial charge in [0.25, 0.3) is 10.0 Å². The van der Waals surface area contributed by atoms with E-state index in [1.54, 1.807) is 42.5 Å². The highest BCUT2D eigenvalue weighted by Crippen LogP contribution is 2.28. The molecule has 0 fully saturated rings. The minimum atomic E-state index is -3.78. The molecular formula is C22H20Cl2N2O3S2. The van der Waals surface area contributed by atoms with E-state index in [0.29, 0.717) is 27.8 Å². The van der Waals surface area contributed by atoms with E-state index in [2.05, 4.69) is 10.0 Å². The highest BCUT2D eigenvalue weighted by atomic mass is 35.5. The smallest absolute Gasteiger partial charge is 0.261 e. The van der Waals surface area contributed by atoms with Crippen molar-refractivity contribution < 1.29 is 13.2 Å². The Hall–Kier alpha value is -2.19. The van der Waals surface area contributed by atoms with Crippen LogP contribution in [0.1, 0.15) is 13.3 Å². The first kappa shape index (κ1) is 23.5. The number of nitrogens with one attached hydrogen (secondary N) is 2. The van der Waals surface area contributed by atoms with E-state index in [9.17, 15) is 13.2 Å². The quantitative estimate of drug-likeness (QED) is 0.360. The predicted octanol–water partition coefficient (Wildman–Crippen LogP) is 6.30. The van der Waals surface area contributed by atoms with Crippen LogP contribution in [0.2, 0.25) is 10.0 Å². The number of rotatable bonds is 8. The van der Waals surface area contributed by atoms with E-state index in [1.807, 2.05) is 19.1 Å². The molecule has 3 aromatic carbocycles. The molecule has 0 heterocycles.